The summed E-state index contributed by atoms with van der Waals surface area (Å²) in [5.41, 5.74) is 7.43. The number of rotatable bonds is 7. The summed E-state index contributed by atoms with van der Waals surface area (Å²) in [6.07, 6.45) is 0. The van der Waals surface area contributed by atoms with Crippen molar-refractivity contribution in [3.05, 3.63) is 83.4 Å². The van der Waals surface area contributed by atoms with Crippen molar-refractivity contribution in [2.45, 2.75) is 11.3 Å². The highest BCUT2D eigenvalue weighted by molar-refractivity contribution is 7.99. The van der Waals surface area contributed by atoms with E-state index >= 15 is 0 Å². The van der Waals surface area contributed by atoms with Crippen LogP contribution in [0.15, 0.2) is 66.7 Å². The summed E-state index contributed by atoms with van der Waals surface area (Å²) in [5.74, 6) is -2.31. The highest BCUT2D eigenvalue weighted by Gasteiger charge is 2.42. The van der Waals surface area contributed by atoms with Crippen molar-refractivity contribution in [2.75, 3.05) is 12.3 Å². The summed E-state index contributed by atoms with van der Waals surface area (Å²) in [6.45, 7) is 0.303. The maximum Gasteiger partial charge on any atom is 0.327 e. The monoisotopic (exact) mass is 420 g/mol. The second-order valence-corrected chi connectivity index (χ2v) is 8.28. The molecular weight excluding hydrogens is 400 g/mol. The van der Waals surface area contributed by atoms with E-state index in [1.54, 1.807) is 24.3 Å². The van der Waals surface area contributed by atoms with Crippen LogP contribution < -0.4 is 5.73 Å². The number of carbonyl (C=O) groups is 3. The van der Waals surface area contributed by atoms with E-state index in [-0.39, 0.29) is 22.1 Å². The van der Waals surface area contributed by atoms with Crippen LogP contribution in [0, 0.1) is 0 Å². The second-order valence-electron chi connectivity index (χ2n) is 7.04. The average Bonchev–Trinajstić information content (AvgIpc) is 3.01. The van der Waals surface area contributed by atoms with Gasteiger partial charge in [0.15, 0.2) is 0 Å². The van der Waals surface area contributed by atoms with Gasteiger partial charge >= 0.3 is 5.97 Å². The topological polar surface area (TPSA) is 101 Å². The molecule has 2 atom stereocenters. The molecule has 1 heterocycles. The number of hydrogen-bond donors (Lipinski definition) is 2. The maximum atomic E-state index is 12.7. The van der Waals surface area contributed by atoms with Gasteiger partial charge in [0.2, 0.25) is 0 Å². The van der Waals surface area contributed by atoms with Crippen LogP contribution >= 0.6 is 11.8 Å². The number of aliphatic carboxylic acids is 1. The van der Waals surface area contributed by atoms with Crippen LogP contribution in [0.2, 0.25) is 0 Å². The van der Waals surface area contributed by atoms with Gasteiger partial charge in [0.05, 0.1) is 11.1 Å². The molecular formula is C23H20N2O4S. The number of amides is 2. The fourth-order valence-corrected chi connectivity index (χ4v) is 4.84. The Labute approximate surface area is 177 Å². The van der Waals surface area contributed by atoms with Crippen molar-refractivity contribution >= 4 is 40.3 Å². The molecule has 3 aromatic rings. The predicted molar refractivity (Wildman–Crippen MR) is 117 cm³/mol. The first-order valence-corrected chi connectivity index (χ1v) is 10.6. The van der Waals surface area contributed by atoms with Gasteiger partial charge in [-0.15, -0.1) is 11.8 Å². The highest BCUT2D eigenvalue weighted by atomic mass is 32.2. The molecule has 3 aromatic carbocycles. The molecule has 0 aliphatic carbocycles. The third kappa shape index (κ3) is 3.58. The lowest BCUT2D eigenvalue weighted by Crippen LogP contribution is -2.46. The van der Waals surface area contributed by atoms with Crippen LogP contribution in [-0.4, -0.2) is 46.1 Å². The minimum absolute atomic E-state index is 0.0511. The average molecular weight is 420 g/mol. The van der Waals surface area contributed by atoms with E-state index in [0.717, 1.165) is 21.2 Å². The number of hydrogen-bond acceptors (Lipinski definition) is 5. The van der Waals surface area contributed by atoms with Crippen molar-refractivity contribution in [3.63, 3.8) is 0 Å². The number of thioether (sulfide) groups is 1. The SMILES string of the molecule is NCC(SCC(C(=O)O)N1C(=O)c2ccccc2C1=O)c1ccc2ccccc2c1. The Kier molecular flexibility index (Phi) is 5.57. The van der Waals surface area contributed by atoms with Crippen molar-refractivity contribution in [2.24, 2.45) is 5.73 Å². The number of carboxylic acid groups (broad SMARTS) is 1. The molecule has 0 fully saturated rings. The van der Waals surface area contributed by atoms with Crippen LogP contribution in [0.1, 0.15) is 31.5 Å². The lowest BCUT2D eigenvalue weighted by Gasteiger charge is -2.24. The summed E-state index contributed by atoms with van der Waals surface area (Å²) < 4.78 is 0. The number of nitrogens with zero attached hydrogens (tertiary/aromatic N) is 1. The van der Waals surface area contributed by atoms with E-state index in [1.165, 1.54) is 11.8 Å². The molecule has 0 saturated heterocycles. The summed E-state index contributed by atoms with van der Waals surface area (Å²) in [5, 5.41) is 11.8. The molecule has 3 N–H and O–H groups in total. The molecule has 0 saturated carbocycles. The summed E-state index contributed by atoms with van der Waals surface area (Å²) >= 11 is 1.34. The van der Waals surface area contributed by atoms with Crippen molar-refractivity contribution in [1.29, 1.82) is 0 Å². The number of carboxylic acids is 1. The number of fused-ring (bicyclic) bond motifs is 2. The van der Waals surface area contributed by atoms with Gasteiger partial charge in [-0.05, 0) is 34.5 Å². The van der Waals surface area contributed by atoms with Crippen LogP contribution in [0.5, 0.6) is 0 Å². The first-order chi connectivity index (χ1) is 14.5. The standard InChI is InChI=1S/C23H20N2O4S/c24-12-20(16-10-9-14-5-1-2-6-15(14)11-16)30-13-19(23(28)29)25-21(26)17-7-3-4-8-18(17)22(25)27/h1-11,19-20H,12-13,24H2,(H,28,29). The van der Waals surface area contributed by atoms with E-state index in [9.17, 15) is 19.5 Å². The van der Waals surface area contributed by atoms with Gasteiger partial charge in [-0.25, -0.2) is 4.79 Å². The normalized spacial score (nSPS) is 15.3. The molecule has 7 heteroatoms. The zero-order chi connectivity index (χ0) is 21.3. The molecule has 1 aliphatic heterocycles. The summed E-state index contributed by atoms with van der Waals surface area (Å²) in [7, 11) is 0. The first-order valence-electron chi connectivity index (χ1n) is 9.51. The first kappa shape index (κ1) is 20.1. The predicted octanol–water partition coefficient (Wildman–Crippen LogP) is 3.32. The summed E-state index contributed by atoms with van der Waals surface area (Å²) in [6, 6.07) is 19.1. The van der Waals surface area contributed by atoms with E-state index < -0.39 is 23.8 Å². The molecule has 0 bridgehead atoms. The largest absolute Gasteiger partial charge is 0.480 e. The Balaban J connectivity index is 1.55. The zero-order valence-electron chi connectivity index (χ0n) is 16.0. The molecule has 4 rings (SSSR count). The molecule has 152 valence electrons. The number of imide groups is 1. The van der Waals surface area contributed by atoms with Gasteiger partial charge in [-0.2, -0.15) is 0 Å². The van der Waals surface area contributed by atoms with E-state index in [2.05, 4.69) is 0 Å². The quantitative estimate of drug-likeness (QED) is 0.569. The molecule has 0 spiro atoms. The highest BCUT2D eigenvalue weighted by Crippen LogP contribution is 2.33. The van der Waals surface area contributed by atoms with E-state index in [4.69, 9.17) is 5.73 Å². The third-order valence-electron chi connectivity index (χ3n) is 5.24. The second kappa shape index (κ2) is 8.30. The van der Waals surface area contributed by atoms with Gasteiger partial charge in [0.25, 0.3) is 11.8 Å². The van der Waals surface area contributed by atoms with E-state index in [1.807, 2.05) is 42.5 Å². The van der Waals surface area contributed by atoms with Gasteiger partial charge in [0.1, 0.15) is 6.04 Å². The molecule has 2 amide bonds. The lowest BCUT2D eigenvalue weighted by atomic mass is 10.1. The van der Waals surface area contributed by atoms with Gasteiger partial charge in [-0.3, -0.25) is 14.5 Å². The van der Waals surface area contributed by atoms with Crippen LogP contribution in [0.25, 0.3) is 10.8 Å². The minimum Gasteiger partial charge on any atom is -0.480 e. The van der Waals surface area contributed by atoms with Crippen molar-refractivity contribution in [3.8, 4) is 0 Å². The van der Waals surface area contributed by atoms with Gasteiger partial charge in [-0.1, -0.05) is 48.5 Å². The Hall–Kier alpha value is -3.16. The maximum absolute atomic E-state index is 12.7. The molecule has 0 radical (unpaired) electrons. The van der Waals surface area contributed by atoms with Gasteiger partial charge < -0.3 is 10.8 Å². The fourth-order valence-electron chi connectivity index (χ4n) is 3.66. The van der Waals surface area contributed by atoms with Crippen molar-refractivity contribution < 1.29 is 19.5 Å². The molecule has 1 aliphatic rings. The Morgan fingerprint density at radius 1 is 0.933 bits per heavy atom. The summed E-state index contributed by atoms with van der Waals surface area (Å²) in [4.78, 5) is 38.2. The van der Waals surface area contributed by atoms with E-state index in [0.29, 0.717) is 6.54 Å². The number of carbonyl (C=O) groups excluding carboxylic acids is 2. The Bertz CT molecular complexity index is 1110. The van der Waals surface area contributed by atoms with Crippen LogP contribution in [-0.2, 0) is 4.79 Å². The van der Waals surface area contributed by atoms with Crippen LogP contribution in [0.3, 0.4) is 0 Å². The fraction of sp³-hybridized carbons (Fsp3) is 0.174. The molecule has 2 unspecified atom stereocenters. The zero-order valence-corrected chi connectivity index (χ0v) is 16.8. The van der Waals surface area contributed by atoms with Crippen LogP contribution in [0.4, 0.5) is 0 Å². The lowest BCUT2D eigenvalue weighted by molar-refractivity contribution is -0.140. The number of benzene rings is 3. The smallest absolute Gasteiger partial charge is 0.327 e. The molecule has 0 aromatic heterocycles. The Morgan fingerprint density at radius 3 is 2.13 bits per heavy atom. The Morgan fingerprint density at radius 2 is 1.53 bits per heavy atom. The van der Waals surface area contributed by atoms with Crippen molar-refractivity contribution in [1.82, 2.24) is 4.90 Å². The minimum atomic E-state index is -1.27. The third-order valence-corrected chi connectivity index (χ3v) is 6.61. The van der Waals surface area contributed by atoms with Gasteiger partial charge in [0, 0.05) is 17.5 Å². The molecule has 6 nitrogen and oxygen atoms in total. The number of nitrogens with two attached hydrogens (primary N) is 1. The molecule has 30 heavy (non-hydrogen) atoms.